The highest BCUT2D eigenvalue weighted by Crippen LogP contribution is 2.29. The summed E-state index contributed by atoms with van der Waals surface area (Å²) >= 11 is 0. The summed E-state index contributed by atoms with van der Waals surface area (Å²) in [5.41, 5.74) is 2.45. The molecule has 25 heavy (non-hydrogen) atoms. The topological polar surface area (TPSA) is 66.8 Å². The number of aromatic nitrogens is 3. The molecule has 1 N–H and O–H groups in total. The summed E-state index contributed by atoms with van der Waals surface area (Å²) in [4.78, 5) is 6.61. The van der Waals surface area contributed by atoms with Crippen LogP contribution >= 0.6 is 0 Å². The van der Waals surface area contributed by atoms with E-state index in [9.17, 15) is 5.11 Å². The number of hydrogen-bond donors (Lipinski definition) is 1. The normalized spacial score (nSPS) is 17.8. The molecule has 0 aliphatic carbocycles. The zero-order chi connectivity index (χ0) is 16.8. The second-order valence-electron chi connectivity index (χ2n) is 6.43. The molecule has 1 aliphatic heterocycles. The number of aliphatic hydroxyl groups excluding tert-OH is 1. The summed E-state index contributed by atoms with van der Waals surface area (Å²) in [6.07, 6.45) is 3.86. The van der Waals surface area contributed by atoms with Crippen molar-refractivity contribution in [2.24, 2.45) is 0 Å². The molecule has 4 aromatic rings. The van der Waals surface area contributed by atoms with Gasteiger partial charge in [0.25, 0.3) is 0 Å². The summed E-state index contributed by atoms with van der Waals surface area (Å²) in [6.45, 7) is 1.07. The van der Waals surface area contributed by atoms with E-state index in [1.54, 1.807) is 6.20 Å². The van der Waals surface area contributed by atoms with Gasteiger partial charge in [0.05, 0.1) is 18.8 Å². The first-order valence-corrected chi connectivity index (χ1v) is 8.55. The Morgan fingerprint density at radius 1 is 1.20 bits per heavy atom. The number of furan rings is 1. The molecule has 0 unspecified atom stereocenters. The van der Waals surface area contributed by atoms with Gasteiger partial charge in [-0.3, -0.25) is 0 Å². The van der Waals surface area contributed by atoms with E-state index in [-0.39, 0.29) is 12.6 Å². The molecule has 4 heterocycles. The third-order valence-corrected chi connectivity index (χ3v) is 4.91. The molecule has 6 nitrogen and oxygen atoms in total. The average Bonchev–Trinajstić information content (AvgIpc) is 3.37. The summed E-state index contributed by atoms with van der Waals surface area (Å²) in [5, 5.41) is 15.4. The molecule has 1 aromatic carbocycles. The quantitative estimate of drug-likeness (QED) is 0.623. The first kappa shape index (κ1) is 14.5. The highest BCUT2D eigenvalue weighted by Gasteiger charge is 2.25. The van der Waals surface area contributed by atoms with E-state index in [4.69, 9.17) is 9.52 Å². The van der Waals surface area contributed by atoms with Crippen molar-refractivity contribution < 1.29 is 9.52 Å². The number of nitrogens with zero attached hydrogens (tertiary/aromatic N) is 4. The van der Waals surface area contributed by atoms with Crippen LogP contribution in [-0.2, 0) is 0 Å². The number of hydrogen-bond acceptors (Lipinski definition) is 5. The van der Waals surface area contributed by atoms with Crippen molar-refractivity contribution in [2.45, 2.75) is 18.9 Å². The van der Waals surface area contributed by atoms with Gasteiger partial charge >= 0.3 is 0 Å². The molecular weight excluding hydrogens is 316 g/mol. The molecule has 0 radical (unpaired) electrons. The van der Waals surface area contributed by atoms with Gasteiger partial charge in [-0.05, 0) is 37.1 Å². The molecule has 6 heteroatoms. The molecule has 0 spiro atoms. The van der Waals surface area contributed by atoms with Gasteiger partial charge in [-0.25, -0.2) is 9.50 Å². The van der Waals surface area contributed by atoms with Gasteiger partial charge in [-0.2, -0.15) is 0 Å². The average molecular weight is 334 g/mol. The van der Waals surface area contributed by atoms with Crippen molar-refractivity contribution in [2.75, 3.05) is 18.1 Å². The Morgan fingerprint density at radius 2 is 2.12 bits per heavy atom. The fourth-order valence-electron chi connectivity index (χ4n) is 3.62. The lowest BCUT2D eigenvalue weighted by atomic mass is 10.2. The van der Waals surface area contributed by atoms with Crippen LogP contribution in [0.2, 0.25) is 0 Å². The first-order chi connectivity index (χ1) is 12.3. The van der Waals surface area contributed by atoms with Crippen LogP contribution in [0.3, 0.4) is 0 Å². The summed E-state index contributed by atoms with van der Waals surface area (Å²) < 4.78 is 7.79. The van der Waals surface area contributed by atoms with Gasteiger partial charge in [0.1, 0.15) is 17.1 Å². The van der Waals surface area contributed by atoms with Crippen molar-refractivity contribution in [3.63, 3.8) is 0 Å². The molecule has 126 valence electrons. The lowest BCUT2D eigenvalue weighted by Gasteiger charge is -2.23. The summed E-state index contributed by atoms with van der Waals surface area (Å²) in [6, 6.07) is 14.0. The zero-order valence-electron chi connectivity index (χ0n) is 13.7. The lowest BCUT2D eigenvalue weighted by molar-refractivity contribution is 0.266. The fraction of sp³-hybridized carbons (Fsp3) is 0.263. The number of rotatable bonds is 3. The van der Waals surface area contributed by atoms with Crippen LogP contribution in [0.15, 0.2) is 53.1 Å². The van der Waals surface area contributed by atoms with E-state index in [2.05, 4.69) is 9.88 Å². The maximum atomic E-state index is 9.58. The Hall–Kier alpha value is -2.86. The maximum Gasteiger partial charge on any atom is 0.155 e. The van der Waals surface area contributed by atoms with Crippen LogP contribution in [0.25, 0.3) is 28.1 Å². The SMILES string of the molecule is OC[C@@H]1CCCN1c1ccc2ncc(-c3cc4ccccc4o3)n2n1. The minimum Gasteiger partial charge on any atom is -0.454 e. The van der Waals surface area contributed by atoms with Crippen LogP contribution in [0.5, 0.6) is 0 Å². The Morgan fingerprint density at radius 3 is 3.00 bits per heavy atom. The molecular formula is C19H18N4O2. The molecule has 3 aromatic heterocycles. The van der Waals surface area contributed by atoms with Gasteiger partial charge in [0.2, 0.25) is 0 Å². The van der Waals surface area contributed by atoms with Crippen molar-refractivity contribution >= 4 is 22.4 Å². The van der Waals surface area contributed by atoms with Crippen LogP contribution in [-0.4, -0.2) is 38.9 Å². The minimum atomic E-state index is 0.142. The van der Waals surface area contributed by atoms with Gasteiger partial charge < -0.3 is 14.4 Å². The Balaban J connectivity index is 1.62. The number of anilines is 1. The third kappa shape index (κ3) is 2.29. The standard InChI is InChI=1S/C19H18N4O2/c24-12-14-5-3-9-22(14)19-8-7-18-20-11-15(23(18)21-19)17-10-13-4-1-2-6-16(13)25-17/h1-2,4,6-8,10-11,14,24H,3,5,9,12H2/t14-/m0/s1. The molecule has 1 atom stereocenters. The van der Waals surface area contributed by atoms with Crippen LogP contribution < -0.4 is 4.90 Å². The van der Waals surface area contributed by atoms with E-state index in [0.29, 0.717) is 0 Å². The van der Waals surface area contributed by atoms with Gasteiger partial charge in [-0.1, -0.05) is 18.2 Å². The maximum absolute atomic E-state index is 9.58. The van der Waals surface area contributed by atoms with Crippen molar-refractivity contribution in [3.8, 4) is 11.5 Å². The van der Waals surface area contributed by atoms with E-state index < -0.39 is 0 Å². The number of aliphatic hydroxyl groups is 1. The van der Waals surface area contributed by atoms with Gasteiger partial charge in [-0.15, -0.1) is 5.10 Å². The second kappa shape index (κ2) is 5.60. The minimum absolute atomic E-state index is 0.142. The molecule has 5 rings (SSSR count). The van der Waals surface area contributed by atoms with E-state index in [0.717, 1.165) is 53.3 Å². The highest BCUT2D eigenvalue weighted by molar-refractivity contribution is 5.82. The number of para-hydroxylation sites is 1. The number of imidazole rings is 1. The second-order valence-corrected chi connectivity index (χ2v) is 6.43. The molecule has 1 aliphatic rings. The van der Waals surface area contributed by atoms with Gasteiger partial charge in [0.15, 0.2) is 11.4 Å². The van der Waals surface area contributed by atoms with E-state index in [1.807, 2.05) is 47.0 Å². The predicted molar refractivity (Wildman–Crippen MR) is 95.6 cm³/mol. The smallest absolute Gasteiger partial charge is 0.155 e. The predicted octanol–water partition coefficient (Wildman–Crippen LogP) is 3.10. The van der Waals surface area contributed by atoms with E-state index >= 15 is 0 Å². The third-order valence-electron chi connectivity index (χ3n) is 4.91. The van der Waals surface area contributed by atoms with Crippen molar-refractivity contribution in [1.29, 1.82) is 0 Å². The van der Waals surface area contributed by atoms with Crippen LogP contribution in [0, 0.1) is 0 Å². The molecule has 0 amide bonds. The van der Waals surface area contributed by atoms with E-state index in [1.165, 1.54) is 0 Å². The van der Waals surface area contributed by atoms with Crippen molar-refractivity contribution in [3.05, 3.63) is 48.7 Å². The first-order valence-electron chi connectivity index (χ1n) is 8.55. The highest BCUT2D eigenvalue weighted by atomic mass is 16.3. The van der Waals surface area contributed by atoms with Crippen LogP contribution in [0.1, 0.15) is 12.8 Å². The Labute approximate surface area is 144 Å². The fourth-order valence-corrected chi connectivity index (χ4v) is 3.62. The van der Waals surface area contributed by atoms with Crippen molar-refractivity contribution in [1.82, 2.24) is 14.6 Å². The monoisotopic (exact) mass is 334 g/mol. The molecule has 0 saturated carbocycles. The number of fused-ring (bicyclic) bond motifs is 2. The largest absolute Gasteiger partial charge is 0.454 e. The van der Waals surface area contributed by atoms with Gasteiger partial charge in [0, 0.05) is 11.9 Å². The zero-order valence-corrected chi connectivity index (χ0v) is 13.7. The molecule has 1 fully saturated rings. The lowest BCUT2D eigenvalue weighted by Crippen LogP contribution is -2.33. The molecule has 1 saturated heterocycles. The Bertz CT molecular complexity index is 1020. The number of benzene rings is 1. The summed E-state index contributed by atoms with van der Waals surface area (Å²) in [5.74, 6) is 1.61. The van der Waals surface area contributed by atoms with Crippen LogP contribution in [0.4, 0.5) is 5.82 Å². The summed E-state index contributed by atoms with van der Waals surface area (Å²) in [7, 11) is 0. The molecule has 0 bridgehead atoms. The Kier molecular flexibility index (Phi) is 3.24.